The number of rotatable bonds is 1. The number of guanidine groups is 1. The number of nitrogens with two attached hydrogens (primary N) is 2. The van der Waals surface area contributed by atoms with E-state index in [0.717, 1.165) is 10.6 Å². The normalized spacial score (nSPS) is 9.18. The molecule has 1 aromatic rings. The lowest BCUT2D eigenvalue weighted by molar-refractivity contribution is 1.38. The van der Waals surface area contributed by atoms with Gasteiger partial charge in [-0.2, -0.15) is 0 Å². The van der Waals surface area contributed by atoms with Gasteiger partial charge in [-0.15, -0.1) is 12.6 Å². The molecule has 0 aliphatic rings. The molecule has 0 saturated heterocycles. The van der Waals surface area contributed by atoms with Gasteiger partial charge in [0.15, 0.2) is 5.96 Å². The fourth-order valence-electron chi connectivity index (χ4n) is 0.712. The molecule has 4 N–H and O–H groups in total. The summed E-state index contributed by atoms with van der Waals surface area (Å²) in [7, 11) is 0. The van der Waals surface area contributed by atoms with Crippen LogP contribution in [0.25, 0.3) is 0 Å². The Morgan fingerprint density at radius 1 is 1.36 bits per heavy atom. The number of aliphatic imine (C=N–C) groups is 1. The molecule has 0 unspecified atom stereocenters. The average Bonchev–Trinajstić information content (AvgIpc) is 1.85. The maximum Gasteiger partial charge on any atom is 0.191 e. The predicted octanol–water partition coefficient (Wildman–Crippen LogP) is 0.880. The SMILES string of the molecule is NC(N)=Nc1cccc(S)c1. The van der Waals surface area contributed by atoms with E-state index in [1.165, 1.54) is 0 Å². The summed E-state index contributed by atoms with van der Waals surface area (Å²) in [6, 6.07) is 7.28. The number of hydrogen-bond donors (Lipinski definition) is 3. The van der Waals surface area contributed by atoms with Gasteiger partial charge >= 0.3 is 0 Å². The second kappa shape index (κ2) is 3.30. The van der Waals surface area contributed by atoms with Crippen LogP contribution in [0.4, 0.5) is 5.69 Å². The van der Waals surface area contributed by atoms with E-state index in [9.17, 15) is 0 Å². The highest BCUT2D eigenvalue weighted by Crippen LogP contribution is 2.15. The monoisotopic (exact) mass is 167 g/mol. The number of benzene rings is 1. The number of hydrogen-bond acceptors (Lipinski definition) is 2. The van der Waals surface area contributed by atoms with Crippen molar-refractivity contribution in [1.82, 2.24) is 0 Å². The summed E-state index contributed by atoms with van der Waals surface area (Å²) in [5.41, 5.74) is 11.1. The van der Waals surface area contributed by atoms with Crippen molar-refractivity contribution in [3.8, 4) is 0 Å². The first kappa shape index (κ1) is 7.94. The van der Waals surface area contributed by atoms with E-state index >= 15 is 0 Å². The fourth-order valence-corrected chi connectivity index (χ4v) is 0.930. The molecule has 0 fully saturated rings. The molecule has 4 heteroatoms. The molecule has 3 nitrogen and oxygen atoms in total. The van der Waals surface area contributed by atoms with E-state index in [1.807, 2.05) is 12.1 Å². The molecule has 0 spiro atoms. The third kappa shape index (κ3) is 2.51. The van der Waals surface area contributed by atoms with Crippen molar-refractivity contribution in [2.24, 2.45) is 16.5 Å². The van der Waals surface area contributed by atoms with Crippen LogP contribution in [-0.4, -0.2) is 5.96 Å². The molecule has 0 aromatic heterocycles. The summed E-state index contributed by atoms with van der Waals surface area (Å²) in [5, 5.41) is 0. The first-order valence-corrected chi connectivity index (χ1v) is 3.52. The molecule has 0 saturated carbocycles. The Morgan fingerprint density at radius 2 is 2.09 bits per heavy atom. The summed E-state index contributed by atoms with van der Waals surface area (Å²) < 4.78 is 0. The maximum absolute atomic E-state index is 5.18. The Balaban J connectivity index is 2.97. The van der Waals surface area contributed by atoms with Crippen molar-refractivity contribution < 1.29 is 0 Å². The van der Waals surface area contributed by atoms with Gasteiger partial charge in [-0.1, -0.05) is 6.07 Å². The second-order valence-electron chi connectivity index (χ2n) is 2.06. The average molecular weight is 167 g/mol. The van der Waals surface area contributed by atoms with Crippen molar-refractivity contribution in [1.29, 1.82) is 0 Å². The minimum absolute atomic E-state index is 0.0592. The van der Waals surface area contributed by atoms with Crippen LogP contribution in [-0.2, 0) is 0 Å². The molecule has 0 heterocycles. The van der Waals surface area contributed by atoms with Gasteiger partial charge in [0.25, 0.3) is 0 Å². The fraction of sp³-hybridized carbons (Fsp3) is 0. The van der Waals surface area contributed by atoms with Gasteiger partial charge in [0.1, 0.15) is 0 Å². The van der Waals surface area contributed by atoms with Gasteiger partial charge in [0.2, 0.25) is 0 Å². The van der Waals surface area contributed by atoms with Gasteiger partial charge in [0.05, 0.1) is 5.69 Å². The summed E-state index contributed by atoms with van der Waals surface area (Å²) in [6.07, 6.45) is 0. The zero-order valence-corrected chi connectivity index (χ0v) is 6.75. The van der Waals surface area contributed by atoms with Crippen LogP contribution in [0.5, 0.6) is 0 Å². The molecule has 0 atom stereocenters. The summed E-state index contributed by atoms with van der Waals surface area (Å²) in [6.45, 7) is 0. The third-order valence-electron chi connectivity index (χ3n) is 1.09. The van der Waals surface area contributed by atoms with E-state index in [1.54, 1.807) is 12.1 Å². The summed E-state index contributed by atoms with van der Waals surface area (Å²) >= 11 is 4.13. The van der Waals surface area contributed by atoms with Crippen LogP contribution in [0.15, 0.2) is 34.2 Å². The van der Waals surface area contributed by atoms with Crippen LogP contribution in [0.3, 0.4) is 0 Å². The maximum atomic E-state index is 5.18. The Hall–Kier alpha value is -1.16. The molecule has 0 amide bonds. The lowest BCUT2D eigenvalue weighted by Gasteiger charge is -1.94. The van der Waals surface area contributed by atoms with Crippen molar-refractivity contribution in [3.05, 3.63) is 24.3 Å². The molecule has 1 rings (SSSR count). The highest BCUT2D eigenvalue weighted by molar-refractivity contribution is 7.80. The van der Waals surface area contributed by atoms with Crippen LogP contribution >= 0.6 is 12.6 Å². The first-order valence-electron chi connectivity index (χ1n) is 3.07. The number of thiol groups is 1. The first-order chi connectivity index (χ1) is 5.18. The van der Waals surface area contributed by atoms with Crippen molar-refractivity contribution in [3.63, 3.8) is 0 Å². The molecule has 0 bridgehead atoms. The van der Waals surface area contributed by atoms with Crippen LogP contribution in [0.1, 0.15) is 0 Å². The lowest BCUT2D eigenvalue weighted by atomic mass is 10.3. The largest absolute Gasteiger partial charge is 0.370 e. The molecular weight excluding hydrogens is 158 g/mol. The van der Waals surface area contributed by atoms with Gasteiger partial charge in [-0.05, 0) is 18.2 Å². The second-order valence-corrected chi connectivity index (χ2v) is 2.57. The highest BCUT2D eigenvalue weighted by atomic mass is 32.1. The van der Waals surface area contributed by atoms with E-state index in [4.69, 9.17) is 11.5 Å². The smallest absolute Gasteiger partial charge is 0.191 e. The van der Waals surface area contributed by atoms with Gasteiger partial charge in [-0.3, -0.25) is 0 Å². The minimum atomic E-state index is 0.0592. The molecule has 58 valence electrons. The molecule has 1 aromatic carbocycles. The zero-order chi connectivity index (χ0) is 8.27. The quantitative estimate of drug-likeness (QED) is 0.330. The molecular formula is C7H9N3S. The van der Waals surface area contributed by atoms with Crippen LogP contribution in [0.2, 0.25) is 0 Å². The Bertz CT molecular complexity index is 279. The molecule has 11 heavy (non-hydrogen) atoms. The van der Waals surface area contributed by atoms with E-state index in [0.29, 0.717) is 0 Å². The standard InChI is InChI=1S/C7H9N3S/c8-7(9)10-5-2-1-3-6(11)4-5/h1-4,11H,(H4,8,9,10). The van der Waals surface area contributed by atoms with Gasteiger partial charge in [-0.25, -0.2) is 4.99 Å². The zero-order valence-electron chi connectivity index (χ0n) is 5.86. The summed E-state index contributed by atoms with van der Waals surface area (Å²) in [5.74, 6) is 0.0592. The predicted molar refractivity (Wildman–Crippen MR) is 49.2 cm³/mol. The van der Waals surface area contributed by atoms with Crippen LogP contribution < -0.4 is 11.5 Å². The Kier molecular flexibility index (Phi) is 2.38. The molecule has 0 aliphatic carbocycles. The topological polar surface area (TPSA) is 64.4 Å². The van der Waals surface area contributed by atoms with Crippen LogP contribution in [0, 0.1) is 0 Å². The Morgan fingerprint density at radius 3 is 2.64 bits per heavy atom. The third-order valence-corrected chi connectivity index (χ3v) is 1.37. The van der Waals surface area contributed by atoms with E-state index in [-0.39, 0.29) is 5.96 Å². The van der Waals surface area contributed by atoms with Crippen molar-refractivity contribution in [2.75, 3.05) is 0 Å². The molecule has 0 aliphatic heterocycles. The summed E-state index contributed by atoms with van der Waals surface area (Å²) in [4.78, 5) is 4.68. The van der Waals surface area contributed by atoms with E-state index < -0.39 is 0 Å². The number of nitrogens with zero attached hydrogens (tertiary/aromatic N) is 1. The lowest BCUT2D eigenvalue weighted by Crippen LogP contribution is -2.21. The molecule has 0 radical (unpaired) electrons. The van der Waals surface area contributed by atoms with Gasteiger partial charge < -0.3 is 11.5 Å². The Labute approximate surface area is 70.5 Å². The van der Waals surface area contributed by atoms with Gasteiger partial charge in [0, 0.05) is 4.90 Å². The van der Waals surface area contributed by atoms with Crippen molar-refractivity contribution in [2.45, 2.75) is 4.90 Å². The minimum Gasteiger partial charge on any atom is -0.370 e. The highest BCUT2D eigenvalue weighted by Gasteiger charge is 1.89. The van der Waals surface area contributed by atoms with E-state index in [2.05, 4.69) is 17.6 Å². The van der Waals surface area contributed by atoms with Crippen molar-refractivity contribution >= 4 is 24.3 Å².